The summed E-state index contributed by atoms with van der Waals surface area (Å²) in [5.41, 5.74) is 6.76. The van der Waals surface area contributed by atoms with Crippen molar-refractivity contribution in [3.63, 3.8) is 0 Å². The van der Waals surface area contributed by atoms with Crippen molar-refractivity contribution in [2.75, 3.05) is 30.3 Å². The Kier molecular flexibility index (Phi) is 2.58. The van der Waals surface area contributed by atoms with Gasteiger partial charge in [0.1, 0.15) is 5.82 Å². The minimum Gasteiger partial charge on any atom is -0.382 e. The molecule has 1 fully saturated rings. The average molecular weight is 196 g/mol. The number of hydrogen-bond acceptors (Lipinski definition) is 4. The second-order valence-corrected chi connectivity index (χ2v) is 3.65. The van der Waals surface area contributed by atoms with Gasteiger partial charge in [-0.25, -0.2) is 0 Å². The topological polar surface area (TPSA) is 67.2 Å². The van der Waals surface area contributed by atoms with Crippen LogP contribution in [0.15, 0.2) is 6.20 Å². The van der Waals surface area contributed by atoms with Crippen LogP contribution in [0.5, 0.6) is 0 Å². The lowest BCUT2D eigenvalue weighted by molar-refractivity contribution is 0.0821. The smallest absolute Gasteiger partial charge is 0.142 e. The van der Waals surface area contributed by atoms with Crippen LogP contribution in [0.4, 0.5) is 11.5 Å². The molecule has 0 saturated carbocycles. The standard InChI is InChI=1S/C9H16N4O/c1-7-6-13(3-2-4-14-7)8-5-11-12-9(8)10/h5,7H,2-4,6H2,1H3,(H3,10,11,12). The van der Waals surface area contributed by atoms with E-state index in [2.05, 4.69) is 22.0 Å². The lowest BCUT2D eigenvalue weighted by Crippen LogP contribution is -2.30. The van der Waals surface area contributed by atoms with Crippen LogP contribution in [0.25, 0.3) is 0 Å². The zero-order chi connectivity index (χ0) is 9.97. The molecular weight excluding hydrogens is 180 g/mol. The Hall–Kier alpha value is -1.23. The van der Waals surface area contributed by atoms with Gasteiger partial charge in [0.05, 0.1) is 18.0 Å². The summed E-state index contributed by atoms with van der Waals surface area (Å²) in [6.45, 7) is 4.77. The summed E-state index contributed by atoms with van der Waals surface area (Å²) in [6, 6.07) is 0. The maximum atomic E-state index is 5.77. The van der Waals surface area contributed by atoms with E-state index in [0.717, 1.165) is 31.8 Å². The minimum absolute atomic E-state index is 0.256. The molecule has 0 spiro atoms. The van der Waals surface area contributed by atoms with Crippen LogP contribution in [-0.2, 0) is 4.74 Å². The molecule has 0 aliphatic carbocycles. The van der Waals surface area contributed by atoms with Gasteiger partial charge < -0.3 is 15.4 Å². The van der Waals surface area contributed by atoms with Gasteiger partial charge in [0.2, 0.25) is 0 Å². The lowest BCUT2D eigenvalue weighted by atomic mass is 10.3. The van der Waals surface area contributed by atoms with Crippen molar-refractivity contribution in [1.29, 1.82) is 0 Å². The van der Waals surface area contributed by atoms with E-state index in [4.69, 9.17) is 10.5 Å². The second-order valence-electron chi connectivity index (χ2n) is 3.65. The first-order chi connectivity index (χ1) is 6.77. The molecule has 0 aromatic carbocycles. The summed E-state index contributed by atoms with van der Waals surface area (Å²) in [7, 11) is 0. The molecule has 2 heterocycles. The molecule has 2 rings (SSSR count). The van der Waals surface area contributed by atoms with Gasteiger partial charge >= 0.3 is 0 Å². The normalized spacial score (nSPS) is 23.5. The molecular formula is C9H16N4O. The van der Waals surface area contributed by atoms with Crippen molar-refractivity contribution >= 4 is 11.5 Å². The van der Waals surface area contributed by atoms with Gasteiger partial charge in [-0.05, 0) is 13.3 Å². The highest BCUT2D eigenvalue weighted by molar-refractivity contribution is 5.62. The quantitative estimate of drug-likeness (QED) is 0.690. The fraction of sp³-hybridized carbons (Fsp3) is 0.667. The van der Waals surface area contributed by atoms with E-state index < -0.39 is 0 Å². The van der Waals surface area contributed by atoms with E-state index in [-0.39, 0.29) is 6.10 Å². The predicted octanol–water partition coefficient (Wildman–Crippen LogP) is 0.607. The van der Waals surface area contributed by atoms with Crippen molar-refractivity contribution in [3.8, 4) is 0 Å². The van der Waals surface area contributed by atoms with E-state index in [1.165, 1.54) is 0 Å². The molecule has 0 bridgehead atoms. The molecule has 1 aromatic heterocycles. The van der Waals surface area contributed by atoms with Crippen molar-refractivity contribution in [3.05, 3.63) is 6.20 Å². The number of anilines is 2. The van der Waals surface area contributed by atoms with Gasteiger partial charge in [0, 0.05) is 19.7 Å². The predicted molar refractivity (Wildman–Crippen MR) is 55.2 cm³/mol. The zero-order valence-corrected chi connectivity index (χ0v) is 8.36. The molecule has 1 aliphatic heterocycles. The Morgan fingerprint density at radius 1 is 1.71 bits per heavy atom. The monoisotopic (exact) mass is 196 g/mol. The third-order valence-electron chi connectivity index (χ3n) is 2.44. The first kappa shape index (κ1) is 9.33. The molecule has 0 amide bonds. The Morgan fingerprint density at radius 3 is 3.29 bits per heavy atom. The first-order valence-corrected chi connectivity index (χ1v) is 4.93. The summed E-state index contributed by atoms with van der Waals surface area (Å²) in [4.78, 5) is 2.22. The number of nitrogen functional groups attached to an aromatic ring is 1. The molecule has 14 heavy (non-hydrogen) atoms. The Morgan fingerprint density at radius 2 is 2.57 bits per heavy atom. The Labute approximate surface area is 83.2 Å². The number of hydrogen-bond donors (Lipinski definition) is 2. The maximum Gasteiger partial charge on any atom is 0.142 e. The highest BCUT2D eigenvalue weighted by atomic mass is 16.5. The minimum atomic E-state index is 0.256. The van der Waals surface area contributed by atoms with Gasteiger partial charge in [0.25, 0.3) is 0 Å². The highest BCUT2D eigenvalue weighted by Crippen LogP contribution is 2.21. The lowest BCUT2D eigenvalue weighted by Gasteiger charge is -2.22. The number of H-pyrrole nitrogens is 1. The highest BCUT2D eigenvalue weighted by Gasteiger charge is 2.17. The molecule has 1 aromatic rings. The first-order valence-electron chi connectivity index (χ1n) is 4.93. The maximum absolute atomic E-state index is 5.77. The van der Waals surface area contributed by atoms with Crippen LogP contribution >= 0.6 is 0 Å². The van der Waals surface area contributed by atoms with Gasteiger partial charge in [-0.1, -0.05) is 0 Å². The molecule has 5 nitrogen and oxygen atoms in total. The van der Waals surface area contributed by atoms with Gasteiger partial charge in [-0.3, -0.25) is 5.10 Å². The fourth-order valence-corrected chi connectivity index (χ4v) is 1.75. The van der Waals surface area contributed by atoms with Crippen LogP contribution in [-0.4, -0.2) is 36.0 Å². The van der Waals surface area contributed by atoms with E-state index >= 15 is 0 Å². The van der Waals surface area contributed by atoms with Gasteiger partial charge in [-0.15, -0.1) is 0 Å². The SMILES string of the molecule is CC1CN(c2cn[nH]c2N)CCCO1. The van der Waals surface area contributed by atoms with Crippen molar-refractivity contribution < 1.29 is 4.74 Å². The third-order valence-corrected chi connectivity index (χ3v) is 2.44. The van der Waals surface area contributed by atoms with E-state index in [9.17, 15) is 0 Å². The van der Waals surface area contributed by atoms with Crippen LogP contribution in [0.3, 0.4) is 0 Å². The van der Waals surface area contributed by atoms with Crippen LogP contribution in [0.1, 0.15) is 13.3 Å². The number of rotatable bonds is 1. The Balaban J connectivity index is 2.13. The summed E-state index contributed by atoms with van der Waals surface area (Å²) < 4.78 is 5.56. The summed E-state index contributed by atoms with van der Waals surface area (Å²) >= 11 is 0. The summed E-state index contributed by atoms with van der Waals surface area (Å²) in [5.74, 6) is 0.638. The summed E-state index contributed by atoms with van der Waals surface area (Å²) in [5, 5.41) is 6.67. The van der Waals surface area contributed by atoms with Gasteiger partial charge in [0.15, 0.2) is 0 Å². The van der Waals surface area contributed by atoms with Crippen LogP contribution in [0.2, 0.25) is 0 Å². The molecule has 1 unspecified atom stereocenters. The van der Waals surface area contributed by atoms with Crippen LogP contribution in [0, 0.1) is 0 Å². The molecule has 1 atom stereocenters. The van der Waals surface area contributed by atoms with Crippen LogP contribution < -0.4 is 10.6 Å². The number of aromatic amines is 1. The zero-order valence-electron chi connectivity index (χ0n) is 8.36. The second kappa shape index (κ2) is 3.88. The molecule has 1 saturated heterocycles. The third kappa shape index (κ3) is 1.82. The van der Waals surface area contributed by atoms with Crippen molar-refractivity contribution in [2.45, 2.75) is 19.4 Å². The van der Waals surface area contributed by atoms with Crippen molar-refractivity contribution in [1.82, 2.24) is 10.2 Å². The fourth-order valence-electron chi connectivity index (χ4n) is 1.75. The van der Waals surface area contributed by atoms with Crippen molar-refractivity contribution in [2.24, 2.45) is 0 Å². The molecule has 5 heteroatoms. The average Bonchev–Trinajstić information content (AvgIpc) is 2.45. The summed E-state index contributed by atoms with van der Waals surface area (Å²) in [6.07, 6.45) is 3.06. The van der Waals surface area contributed by atoms with Gasteiger partial charge in [-0.2, -0.15) is 5.10 Å². The van der Waals surface area contributed by atoms with E-state index in [1.807, 2.05) is 0 Å². The Bertz CT molecular complexity index is 299. The molecule has 78 valence electrons. The number of nitrogens with two attached hydrogens (primary N) is 1. The number of ether oxygens (including phenoxy) is 1. The molecule has 1 aliphatic rings. The molecule has 3 N–H and O–H groups in total. The number of nitrogens with zero attached hydrogens (tertiary/aromatic N) is 2. The number of aromatic nitrogens is 2. The van der Waals surface area contributed by atoms with E-state index in [1.54, 1.807) is 6.20 Å². The molecule has 0 radical (unpaired) electrons. The van der Waals surface area contributed by atoms with E-state index in [0.29, 0.717) is 5.82 Å². The number of nitrogens with one attached hydrogen (secondary N) is 1. The largest absolute Gasteiger partial charge is 0.382 e.